The summed E-state index contributed by atoms with van der Waals surface area (Å²) in [4.78, 5) is 2.76. The highest BCUT2D eigenvalue weighted by molar-refractivity contribution is 5.19. The molecule has 1 aliphatic heterocycles. The maximum atomic E-state index is 6.50. The summed E-state index contributed by atoms with van der Waals surface area (Å²) < 4.78 is 0. The van der Waals surface area contributed by atoms with Gasteiger partial charge in [-0.25, -0.2) is 0 Å². The van der Waals surface area contributed by atoms with Crippen molar-refractivity contribution >= 4 is 0 Å². The highest BCUT2D eigenvalue weighted by atomic mass is 15.2. The quantitative estimate of drug-likeness (QED) is 0.907. The van der Waals surface area contributed by atoms with Crippen LogP contribution in [0.25, 0.3) is 0 Å². The molecule has 1 aromatic carbocycles. The molecule has 2 nitrogen and oxygen atoms in total. The van der Waals surface area contributed by atoms with Gasteiger partial charge in [0.25, 0.3) is 0 Å². The van der Waals surface area contributed by atoms with Crippen LogP contribution in [0.5, 0.6) is 0 Å². The van der Waals surface area contributed by atoms with Gasteiger partial charge >= 0.3 is 0 Å². The van der Waals surface area contributed by atoms with Gasteiger partial charge in [0.1, 0.15) is 0 Å². The Morgan fingerprint density at radius 3 is 2.62 bits per heavy atom. The van der Waals surface area contributed by atoms with Crippen LogP contribution in [-0.2, 0) is 0 Å². The zero-order chi connectivity index (χ0) is 14.7. The second kappa shape index (κ2) is 6.93. The van der Waals surface area contributed by atoms with Gasteiger partial charge < -0.3 is 5.73 Å². The Kier molecular flexibility index (Phi) is 4.97. The molecule has 1 saturated carbocycles. The molecule has 21 heavy (non-hydrogen) atoms. The van der Waals surface area contributed by atoms with Gasteiger partial charge in [-0.3, -0.25) is 4.90 Å². The minimum Gasteiger partial charge on any atom is -0.324 e. The normalized spacial score (nSPS) is 29.6. The number of benzene rings is 1. The van der Waals surface area contributed by atoms with E-state index in [4.69, 9.17) is 5.73 Å². The zero-order valence-corrected chi connectivity index (χ0v) is 13.4. The molecule has 2 aliphatic rings. The monoisotopic (exact) mass is 286 g/mol. The smallest absolute Gasteiger partial charge is 0.0333 e. The average Bonchev–Trinajstić information content (AvgIpc) is 2.55. The third kappa shape index (κ3) is 3.49. The molecule has 1 aromatic rings. The SMILES string of the molecule is CC(CN1CCCC2CCCCC21)C(N)c1ccccc1. The van der Waals surface area contributed by atoms with E-state index < -0.39 is 0 Å². The van der Waals surface area contributed by atoms with E-state index in [1.165, 1.54) is 50.6 Å². The number of nitrogens with two attached hydrogens (primary N) is 1. The summed E-state index contributed by atoms with van der Waals surface area (Å²) in [6.07, 6.45) is 8.60. The van der Waals surface area contributed by atoms with E-state index in [0.717, 1.165) is 18.5 Å². The second-order valence-electron chi connectivity index (χ2n) is 7.16. The first-order valence-electron chi connectivity index (χ1n) is 8.80. The van der Waals surface area contributed by atoms with E-state index in [1.54, 1.807) is 0 Å². The Morgan fingerprint density at radius 2 is 1.81 bits per heavy atom. The van der Waals surface area contributed by atoms with Crippen molar-refractivity contribution in [3.05, 3.63) is 35.9 Å². The van der Waals surface area contributed by atoms with Crippen LogP contribution < -0.4 is 5.73 Å². The van der Waals surface area contributed by atoms with Gasteiger partial charge in [-0.15, -0.1) is 0 Å². The summed E-state index contributed by atoms with van der Waals surface area (Å²) in [5.74, 6) is 1.49. The van der Waals surface area contributed by atoms with Gasteiger partial charge in [-0.1, -0.05) is 50.1 Å². The minimum absolute atomic E-state index is 0.162. The molecule has 0 radical (unpaired) electrons. The molecule has 1 aliphatic carbocycles. The fourth-order valence-corrected chi connectivity index (χ4v) is 4.44. The summed E-state index contributed by atoms with van der Waals surface area (Å²) in [5.41, 5.74) is 7.78. The van der Waals surface area contributed by atoms with Crippen molar-refractivity contribution in [2.45, 2.75) is 57.5 Å². The van der Waals surface area contributed by atoms with E-state index in [-0.39, 0.29) is 6.04 Å². The molecule has 116 valence electrons. The Balaban J connectivity index is 1.62. The van der Waals surface area contributed by atoms with Crippen molar-refractivity contribution in [1.29, 1.82) is 0 Å². The van der Waals surface area contributed by atoms with Gasteiger partial charge in [0.15, 0.2) is 0 Å². The highest BCUT2D eigenvalue weighted by Crippen LogP contribution is 2.36. The standard InChI is InChI=1S/C19H30N2/c1-15(19(20)17-9-3-2-4-10-17)14-21-13-7-11-16-8-5-6-12-18(16)21/h2-4,9-10,15-16,18-19H,5-8,11-14,20H2,1H3. The maximum Gasteiger partial charge on any atom is 0.0333 e. The van der Waals surface area contributed by atoms with Crippen LogP contribution in [0.4, 0.5) is 0 Å². The van der Waals surface area contributed by atoms with E-state index in [2.05, 4.69) is 42.2 Å². The van der Waals surface area contributed by atoms with Crippen molar-refractivity contribution in [1.82, 2.24) is 4.90 Å². The van der Waals surface area contributed by atoms with Gasteiger partial charge in [0.05, 0.1) is 0 Å². The van der Waals surface area contributed by atoms with Gasteiger partial charge in [-0.2, -0.15) is 0 Å². The molecule has 2 fully saturated rings. The molecule has 3 rings (SSSR count). The fraction of sp³-hybridized carbons (Fsp3) is 0.684. The highest BCUT2D eigenvalue weighted by Gasteiger charge is 2.34. The first kappa shape index (κ1) is 15.1. The lowest BCUT2D eigenvalue weighted by Gasteiger charge is -2.45. The fourth-order valence-electron chi connectivity index (χ4n) is 4.44. The molecule has 0 bridgehead atoms. The zero-order valence-electron chi connectivity index (χ0n) is 13.4. The number of nitrogens with zero attached hydrogens (tertiary/aromatic N) is 1. The van der Waals surface area contributed by atoms with E-state index in [1.807, 2.05) is 0 Å². The van der Waals surface area contributed by atoms with Crippen molar-refractivity contribution < 1.29 is 0 Å². The predicted molar refractivity (Wildman–Crippen MR) is 89.1 cm³/mol. The molecule has 1 heterocycles. The second-order valence-corrected chi connectivity index (χ2v) is 7.16. The lowest BCUT2D eigenvalue weighted by Crippen LogP contribution is -2.49. The maximum absolute atomic E-state index is 6.50. The summed E-state index contributed by atoms with van der Waals surface area (Å²) in [6.45, 7) is 4.77. The summed E-state index contributed by atoms with van der Waals surface area (Å²) in [7, 11) is 0. The number of hydrogen-bond acceptors (Lipinski definition) is 2. The molecule has 2 heteroatoms. The van der Waals surface area contributed by atoms with Crippen LogP contribution in [0.2, 0.25) is 0 Å². The van der Waals surface area contributed by atoms with Crippen LogP contribution in [0.3, 0.4) is 0 Å². The average molecular weight is 286 g/mol. The predicted octanol–water partition coefficient (Wildman–Crippen LogP) is 3.98. The van der Waals surface area contributed by atoms with E-state index in [0.29, 0.717) is 5.92 Å². The molecule has 1 saturated heterocycles. The molecule has 4 atom stereocenters. The number of likely N-dealkylation sites (tertiary alicyclic amines) is 1. The largest absolute Gasteiger partial charge is 0.324 e. The van der Waals surface area contributed by atoms with Crippen LogP contribution >= 0.6 is 0 Å². The Bertz CT molecular complexity index is 428. The van der Waals surface area contributed by atoms with Gasteiger partial charge in [-0.05, 0) is 49.6 Å². The van der Waals surface area contributed by atoms with Crippen molar-refractivity contribution in [3.8, 4) is 0 Å². The molecule has 0 spiro atoms. The first-order chi connectivity index (χ1) is 10.3. The Morgan fingerprint density at radius 1 is 1.10 bits per heavy atom. The Labute approximate surface area is 129 Å². The van der Waals surface area contributed by atoms with E-state index >= 15 is 0 Å². The number of fused-ring (bicyclic) bond motifs is 1. The number of hydrogen-bond donors (Lipinski definition) is 1. The topological polar surface area (TPSA) is 29.3 Å². The molecule has 4 unspecified atom stereocenters. The first-order valence-corrected chi connectivity index (χ1v) is 8.80. The lowest BCUT2D eigenvalue weighted by molar-refractivity contribution is 0.0469. The van der Waals surface area contributed by atoms with Gasteiger partial charge in [0, 0.05) is 18.6 Å². The number of rotatable bonds is 4. The van der Waals surface area contributed by atoms with Gasteiger partial charge in [0.2, 0.25) is 0 Å². The van der Waals surface area contributed by atoms with Crippen LogP contribution in [-0.4, -0.2) is 24.0 Å². The van der Waals surface area contributed by atoms with Crippen LogP contribution in [0.1, 0.15) is 57.1 Å². The third-order valence-electron chi connectivity index (χ3n) is 5.68. The molecule has 0 amide bonds. The van der Waals surface area contributed by atoms with E-state index in [9.17, 15) is 0 Å². The summed E-state index contributed by atoms with van der Waals surface area (Å²) in [5, 5.41) is 0. The van der Waals surface area contributed by atoms with Crippen LogP contribution in [0, 0.1) is 11.8 Å². The van der Waals surface area contributed by atoms with Crippen molar-refractivity contribution in [2.24, 2.45) is 17.6 Å². The molecular formula is C19H30N2. The lowest BCUT2D eigenvalue weighted by atomic mass is 9.78. The Hall–Kier alpha value is -0.860. The van der Waals surface area contributed by atoms with Crippen molar-refractivity contribution in [2.75, 3.05) is 13.1 Å². The van der Waals surface area contributed by atoms with Crippen molar-refractivity contribution in [3.63, 3.8) is 0 Å². The molecular weight excluding hydrogens is 256 g/mol. The minimum atomic E-state index is 0.162. The molecule has 0 aromatic heterocycles. The molecule has 2 N–H and O–H groups in total. The third-order valence-corrected chi connectivity index (χ3v) is 5.68. The summed E-state index contributed by atoms with van der Waals surface area (Å²) in [6, 6.07) is 11.6. The van der Waals surface area contributed by atoms with Crippen LogP contribution in [0.15, 0.2) is 30.3 Å². The number of piperidine rings is 1. The summed E-state index contributed by atoms with van der Waals surface area (Å²) >= 11 is 0.